The van der Waals surface area contributed by atoms with E-state index in [1.165, 1.54) is 16.0 Å². The van der Waals surface area contributed by atoms with Crippen LogP contribution in [0, 0.1) is 13.8 Å². The van der Waals surface area contributed by atoms with Gasteiger partial charge < -0.3 is 10.1 Å². The lowest BCUT2D eigenvalue weighted by atomic mass is 10.0. The van der Waals surface area contributed by atoms with Crippen molar-refractivity contribution in [2.45, 2.75) is 32.7 Å². The number of hydrogen-bond acceptors (Lipinski definition) is 4. The number of thiazole rings is 1. The van der Waals surface area contributed by atoms with Gasteiger partial charge in [-0.3, -0.25) is 0 Å². The minimum Gasteiger partial charge on any atom is -0.493 e. The van der Waals surface area contributed by atoms with Crippen LogP contribution in [0.3, 0.4) is 0 Å². The molecule has 0 radical (unpaired) electrons. The Morgan fingerprint density at radius 3 is 2.90 bits per heavy atom. The van der Waals surface area contributed by atoms with Crippen molar-refractivity contribution in [2.75, 3.05) is 13.7 Å². The van der Waals surface area contributed by atoms with Crippen LogP contribution >= 0.6 is 27.3 Å². The number of nitrogens with zero attached hydrogens (tertiary/aromatic N) is 1. The maximum atomic E-state index is 5.84. The Morgan fingerprint density at radius 1 is 1.43 bits per heavy atom. The van der Waals surface area contributed by atoms with E-state index in [4.69, 9.17) is 4.74 Å². The molecule has 2 heterocycles. The zero-order valence-corrected chi connectivity index (χ0v) is 14.9. The molecule has 1 aromatic carbocycles. The molecule has 1 aliphatic rings. The molecule has 0 saturated carbocycles. The van der Waals surface area contributed by atoms with E-state index in [0.717, 1.165) is 40.4 Å². The van der Waals surface area contributed by atoms with Gasteiger partial charge in [-0.2, -0.15) is 0 Å². The molecule has 0 spiro atoms. The fraction of sp³-hybridized carbons (Fsp3) is 0.438. The standard InChI is InChI=1S/C16H19BrN2OS/c1-9-16(21-10(2)19-9)14(18-3)8-12-7-13(17)6-11-4-5-20-15(11)12/h6-7,14,18H,4-5,8H2,1-3H3. The van der Waals surface area contributed by atoms with Crippen LogP contribution in [0.4, 0.5) is 0 Å². The number of nitrogens with one attached hydrogen (secondary N) is 1. The molecule has 0 bridgehead atoms. The molecule has 1 aliphatic heterocycles. The Hall–Kier alpha value is -0.910. The molecule has 0 saturated heterocycles. The monoisotopic (exact) mass is 366 g/mol. The molecule has 1 N–H and O–H groups in total. The lowest BCUT2D eigenvalue weighted by Gasteiger charge is -2.17. The summed E-state index contributed by atoms with van der Waals surface area (Å²) in [5, 5.41) is 4.55. The van der Waals surface area contributed by atoms with Crippen LogP contribution in [-0.4, -0.2) is 18.6 Å². The van der Waals surface area contributed by atoms with E-state index in [2.05, 4.69) is 52.2 Å². The fourth-order valence-electron chi connectivity index (χ4n) is 2.91. The second-order valence-corrected chi connectivity index (χ2v) is 7.53. The first-order valence-corrected chi connectivity index (χ1v) is 8.74. The molecule has 1 unspecified atom stereocenters. The smallest absolute Gasteiger partial charge is 0.125 e. The Balaban J connectivity index is 1.93. The van der Waals surface area contributed by atoms with Crippen LogP contribution < -0.4 is 10.1 Å². The van der Waals surface area contributed by atoms with Crippen molar-refractivity contribution >= 4 is 27.3 Å². The molecule has 3 rings (SSSR count). The van der Waals surface area contributed by atoms with Crippen LogP contribution in [0.1, 0.15) is 32.7 Å². The molecule has 0 aliphatic carbocycles. The molecule has 0 fully saturated rings. The summed E-state index contributed by atoms with van der Waals surface area (Å²) in [6, 6.07) is 4.62. The first-order chi connectivity index (χ1) is 10.1. The van der Waals surface area contributed by atoms with Gasteiger partial charge in [0.05, 0.1) is 17.3 Å². The molecule has 2 aromatic rings. The number of rotatable bonds is 4. The van der Waals surface area contributed by atoms with E-state index in [1.54, 1.807) is 11.3 Å². The Morgan fingerprint density at radius 2 is 2.24 bits per heavy atom. The van der Waals surface area contributed by atoms with Crippen molar-refractivity contribution in [3.63, 3.8) is 0 Å². The minimum atomic E-state index is 0.277. The Labute approximate surface area is 137 Å². The van der Waals surface area contributed by atoms with Gasteiger partial charge in [-0.1, -0.05) is 15.9 Å². The summed E-state index contributed by atoms with van der Waals surface area (Å²) in [5.74, 6) is 1.08. The number of hydrogen-bond donors (Lipinski definition) is 1. The third-order valence-electron chi connectivity index (χ3n) is 3.85. The van der Waals surface area contributed by atoms with Crippen molar-refractivity contribution in [1.82, 2.24) is 10.3 Å². The fourth-order valence-corrected chi connectivity index (χ4v) is 4.50. The highest BCUT2D eigenvalue weighted by molar-refractivity contribution is 9.10. The van der Waals surface area contributed by atoms with Crippen LogP contribution in [-0.2, 0) is 12.8 Å². The molecule has 112 valence electrons. The van der Waals surface area contributed by atoms with Crippen LogP contribution in [0.15, 0.2) is 16.6 Å². The predicted octanol–water partition coefficient (Wildman–Crippen LogP) is 3.96. The number of benzene rings is 1. The topological polar surface area (TPSA) is 34.1 Å². The summed E-state index contributed by atoms with van der Waals surface area (Å²) in [4.78, 5) is 5.87. The molecule has 0 amide bonds. The highest BCUT2D eigenvalue weighted by atomic mass is 79.9. The third kappa shape index (κ3) is 3.00. The maximum absolute atomic E-state index is 5.84. The van der Waals surface area contributed by atoms with Crippen LogP contribution in [0.2, 0.25) is 0 Å². The second-order valence-electron chi connectivity index (χ2n) is 5.38. The molecule has 21 heavy (non-hydrogen) atoms. The van der Waals surface area contributed by atoms with Crippen molar-refractivity contribution in [3.05, 3.63) is 43.3 Å². The number of halogens is 1. The summed E-state index contributed by atoms with van der Waals surface area (Å²) in [5.41, 5.74) is 3.71. The molecular weight excluding hydrogens is 348 g/mol. The van der Waals surface area contributed by atoms with Crippen molar-refractivity contribution in [2.24, 2.45) is 0 Å². The van der Waals surface area contributed by atoms with E-state index in [9.17, 15) is 0 Å². The second kappa shape index (κ2) is 6.07. The minimum absolute atomic E-state index is 0.277. The van der Waals surface area contributed by atoms with Crippen molar-refractivity contribution < 1.29 is 4.74 Å². The number of aromatic nitrogens is 1. The maximum Gasteiger partial charge on any atom is 0.125 e. The van der Waals surface area contributed by atoms with E-state index in [1.807, 2.05) is 7.05 Å². The summed E-state index contributed by atoms with van der Waals surface area (Å²) in [6.45, 7) is 4.94. The quantitative estimate of drug-likeness (QED) is 0.888. The van der Waals surface area contributed by atoms with Gasteiger partial charge in [-0.05, 0) is 50.6 Å². The molecule has 5 heteroatoms. The van der Waals surface area contributed by atoms with Gasteiger partial charge in [0, 0.05) is 21.8 Å². The van der Waals surface area contributed by atoms with Gasteiger partial charge in [0.1, 0.15) is 5.75 Å². The van der Waals surface area contributed by atoms with Gasteiger partial charge in [0.2, 0.25) is 0 Å². The zero-order valence-electron chi connectivity index (χ0n) is 12.5. The highest BCUT2D eigenvalue weighted by Gasteiger charge is 2.22. The number of fused-ring (bicyclic) bond motifs is 1. The summed E-state index contributed by atoms with van der Waals surface area (Å²) < 4.78 is 6.97. The number of ether oxygens (including phenoxy) is 1. The van der Waals surface area contributed by atoms with Crippen molar-refractivity contribution in [1.29, 1.82) is 0 Å². The van der Waals surface area contributed by atoms with Crippen LogP contribution in [0.5, 0.6) is 5.75 Å². The lowest BCUT2D eigenvalue weighted by Crippen LogP contribution is -2.19. The summed E-state index contributed by atoms with van der Waals surface area (Å²) in [7, 11) is 2.01. The van der Waals surface area contributed by atoms with Gasteiger partial charge in [-0.15, -0.1) is 11.3 Å². The average molecular weight is 367 g/mol. The van der Waals surface area contributed by atoms with E-state index >= 15 is 0 Å². The summed E-state index contributed by atoms with van der Waals surface area (Å²) >= 11 is 5.39. The lowest BCUT2D eigenvalue weighted by molar-refractivity contribution is 0.352. The number of likely N-dealkylation sites (N-methyl/N-ethyl adjacent to an activating group) is 1. The van der Waals surface area contributed by atoms with E-state index in [0.29, 0.717) is 0 Å². The van der Waals surface area contributed by atoms with E-state index < -0.39 is 0 Å². The SMILES string of the molecule is CNC(Cc1cc(Br)cc2c1OCC2)c1sc(C)nc1C. The first kappa shape index (κ1) is 15.0. The Kier molecular flexibility index (Phi) is 4.33. The summed E-state index contributed by atoms with van der Waals surface area (Å²) in [6.07, 6.45) is 1.92. The molecule has 1 aromatic heterocycles. The van der Waals surface area contributed by atoms with Crippen LogP contribution in [0.25, 0.3) is 0 Å². The van der Waals surface area contributed by atoms with Crippen molar-refractivity contribution in [3.8, 4) is 5.75 Å². The van der Waals surface area contributed by atoms with Gasteiger partial charge in [0.15, 0.2) is 0 Å². The zero-order chi connectivity index (χ0) is 15.0. The van der Waals surface area contributed by atoms with Gasteiger partial charge >= 0.3 is 0 Å². The molecular formula is C16H19BrN2OS. The first-order valence-electron chi connectivity index (χ1n) is 7.13. The normalized spacial score (nSPS) is 14.9. The van der Waals surface area contributed by atoms with Gasteiger partial charge in [0.25, 0.3) is 0 Å². The largest absolute Gasteiger partial charge is 0.493 e. The third-order valence-corrected chi connectivity index (χ3v) is 5.50. The molecule has 3 nitrogen and oxygen atoms in total. The highest BCUT2D eigenvalue weighted by Crippen LogP contribution is 2.36. The predicted molar refractivity (Wildman–Crippen MR) is 90.4 cm³/mol. The average Bonchev–Trinajstić information content (AvgIpc) is 3.02. The number of aryl methyl sites for hydroxylation is 2. The van der Waals surface area contributed by atoms with E-state index in [-0.39, 0.29) is 6.04 Å². The molecule has 1 atom stereocenters. The van der Waals surface area contributed by atoms with Gasteiger partial charge in [-0.25, -0.2) is 4.98 Å². The Bertz CT molecular complexity index is 669.